The first-order valence-electron chi connectivity index (χ1n) is 9.43. The Morgan fingerprint density at radius 3 is 2.24 bits per heavy atom. The number of nitrogens with one attached hydrogen (secondary N) is 1. The van der Waals surface area contributed by atoms with E-state index in [0.29, 0.717) is 6.42 Å². The number of halogens is 2. The summed E-state index contributed by atoms with van der Waals surface area (Å²) in [7, 11) is 0. The highest BCUT2D eigenvalue weighted by molar-refractivity contribution is 6.34. The van der Waals surface area contributed by atoms with Gasteiger partial charge in [0.1, 0.15) is 23.5 Å². The van der Waals surface area contributed by atoms with Crippen LogP contribution in [0.3, 0.4) is 0 Å². The van der Waals surface area contributed by atoms with E-state index in [1.807, 2.05) is 0 Å². The zero-order valence-electron chi connectivity index (χ0n) is 15.2. The maximum absolute atomic E-state index is 13.8. The molecule has 25 heavy (non-hydrogen) atoms. The molecule has 0 aliphatic heterocycles. The zero-order chi connectivity index (χ0) is 18.5. The number of carboxylic acids is 1. The van der Waals surface area contributed by atoms with Gasteiger partial charge in [0.2, 0.25) is 0 Å². The summed E-state index contributed by atoms with van der Waals surface area (Å²) in [6.45, 7) is 2.12. The van der Waals surface area contributed by atoms with Crippen molar-refractivity contribution >= 4 is 17.6 Å². The number of rotatable bonds is 15. The van der Waals surface area contributed by atoms with Gasteiger partial charge < -0.3 is 14.8 Å². The van der Waals surface area contributed by atoms with Crippen molar-refractivity contribution in [2.45, 2.75) is 83.7 Å². The van der Waals surface area contributed by atoms with Crippen molar-refractivity contribution in [3.63, 3.8) is 0 Å². The molecule has 1 rings (SSSR count). The quantitative estimate of drug-likeness (QED) is 0.349. The second-order valence-electron chi connectivity index (χ2n) is 6.53. The Bertz CT molecular complexity index is 493. The van der Waals surface area contributed by atoms with Crippen LogP contribution in [-0.2, 0) is 0 Å². The van der Waals surface area contributed by atoms with Crippen LogP contribution in [-0.4, -0.2) is 28.8 Å². The molecule has 4 nitrogen and oxygen atoms in total. The molecule has 0 aliphatic rings. The lowest BCUT2D eigenvalue weighted by molar-refractivity contribution is 0.0691. The summed E-state index contributed by atoms with van der Waals surface area (Å²) in [5.74, 6) is -0.980. The molecule has 0 bridgehead atoms. The number of carbonyl (C=O) groups is 1. The van der Waals surface area contributed by atoms with Crippen LogP contribution < -0.4 is 4.74 Å². The molecule has 0 aliphatic carbocycles. The third-order valence-corrected chi connectivity index (χ3v) is 4.66. The standard InChI is InChI=1S/C19H31ClFNO3/c1-2-3-4-5-6-7-8-9-10-11-12-15(21)14-25-16-13-22-18(17(16)20)19(23)24/h13,15,22H,2-12,14H2,1H3,(H,23,24). The number of ether oxygens (including phenoxy) is 1. The third-order valence-electron chi connectivity index (χ3n) is 4.29. The van der Waals surface area contributed by atoms with Crippen LogP contribution in [0.1, 0.15) is 88.0 Å². The average molecular weight is 376 g/mol. The van der Waals surface area contributed by atoms with Gasteiger partial charge in [-0.25, -0.2) is 9.18 Å². The van der Waals surface area contributed by atoms with Gasteiger partial charge in [-0.1, -0.05) is 82.7 Å². The van der Waals surface area contributed by atoms with E-state index in [0.717, 1.165) is 19.3 Å². The van der Waals surface area contributed by atoms with E-state index in [9.17, 15) is 9.18 Å². The van der Waals surface area contributed by atoms with Gasteiger partial charge in [-0.15, -0.1) is 0 Å². The molecule has 1 heterocycles. The predicted octanol–water partition coefficient (Wildman–Crippen LogP) is 6.39. The fourth-order valence-corrected chi connectivity index (χ4v) is 3.01. The van der Waals surface area contributed by atoms with Gasteiger partial charge in [0.05, 0.1) is 0 Å². The Kier molecular flexibility index (Phi) is 11.4. The number of aromatic carboxylic acids is 1. The number of hydrogen-bond donors (Lipinski definition) is 2. The van der Waals surface area contributed by atoms with Crippen molar-refractivity contribution in [2.24, 2.45) is 0 Å². The van der Waals surface area contributed by atoms with E-state index in [4.69, 9.17) is 21.4 Å². The van der Waals surface area contributed by atoms with Crippen molar-refractivity contribution in [3.05, 3.63) is 16.9 Å². The van der Waals surface area contributed by atoms with Crippen molar-refractivity contribution in [2.75, 3.05) is 6.61 Å². The minimum Gasteiger partial charge on any atom is -0.487 e. The molecule has 0 fully saturated rings. The Balaban J connectivity index is 2.02. The Labute approximate surface area is 155 Å². The molecule has 0 spiro atoms. The van der Waals surface area contributed by atoms with Crippen LogP contribution in [0.15, 0.2) is 6.20 Å². The van der Waals surface area contributed by atoms with E-state index >= 15 is 0 Å². The first-order chi connectivity index (χ1) is 12.1. The molecule has 2 N–H and O–H groups in total. The van der Waals surface area contributed by atoms with E-state index in [1.165, 1.54) is 51.1 Å². The molecule has 144 valence electrons. The van der Waals surface area contributed by atoms with E-state index in [1.54, 1.807) is 0 Å². The van der Waals surface area contributed by atoms with Crippen molar-refractivity contribution in [3.8, 4) is 5.75 Å². The maximum atomic E-state index is 13.8. The van der Waals surface area contributed by atoms with Gasteiger partial charge in [-0.2, -0.15) is 0 Å². The van der Waals surface area contributed by atoms with Gasteiger partial charge >= 0.3 is 5.97 Å². The highest BCUT2D eigenvalue weighted by Crippen LogP contribution is 2.28. The summed E-state index contributed by atoms with van der Waals surface area (Å²) < 4.78 is 19.1. The monoisotopic (exact) mass is 375 g/mol. The summed E-state index contributed by atoms with van der Waals surface area (Å²) in [6, 6.07) is 0. The number of carboxylic acid groups (broad SMARTS) is 1. The van der Waals surface area contributed by atoms with E-state index < -0.39 is 12.1 Å². The summed E-state index contributed by atoms with van der Waals surface area (Å²) in [5, 5.41) is 8.85. The molecular formula is C19H31ClFNO3. The average Bonchev–Trinajstić information content (AvgIpc) is 2.95. The lowest BCUT2D eigenvalue weighted by Crippen LogP contribution is -2.12. The van der Waals surface area contributed by atoms with Crippen LogP contribution in [0.5, 0.6) is 5.75 Å². The highest BCUT2D eigenvalue weighted by atomic mass is 35.5. The summed E-state index contributed by atoms with van der Waals surface area (Å²) in [4.78, 5) is 13.3. The molecule has 0 radical (unpaired) electrons. The van der Waals surface area contributed by atoms with E-state index in [2.05, 4.69) is 11.9 Å². The molecule has 6 heteroatoms. The molecular weight excluding hydrogens is 345 g/mol. The van der Waals surface area contributed by atoms with Gasteiger partial charge in [-0.3, -0.25) is 0 Å². The Morgan fingerprint density at radius 1 is 1.16 bits per heavy atom. The number of aromatic nitrogens is 1. The van der Waals surface area contributed by atoms with Crippen LogP contribution in [0.2, 0.25) is 5.02 Å². The fraction of sp³-hybridized carbons (Fsp3) is 0.737. The molecule has 1 unspecified atom stereocenters. The fourth-order valence-electron chi connectivity index (χ4n) is 2.77. The van der Waals surface area contributed by atoms with Gasteiger partial charge in [0.15, 0.2) is 5.75 Å². The minimum atomic E-state index is -1.16. The van der Waals surface area contributed by atoms with Crippen molar-refractivity contribution in [1.82, 2.24) is 4.98 Å². The molecule has 0 saturated carbocycles. The molecule has 1 aromatic heterocycles. The lowest BCUT2D eigenvalue weighted by atomic mass is 10.1. The normalized spacial score (nSPS) is 12.3. The number of hydrogen-bond acceptors (Lipinski definition) is 2. The smallest absolute Gasteiger partial charge is 0.354 e. The SMILES string of the molecule is CCCCCCCCCCCCC(F)COc1c[nH]c(C(=O)O)c1Cl. The summed E-state index contributed by atoms with van der Waals surface area (Å²) >= 11 is 5.86. The number of H-pyrrole nitrogens is 1. The Hall–Kier alpha value is -1.23. The third kappa shape index (κ3) is 9.15. The predicted molar refractivity (Wildman–Crippen MR) is 99.6 cm³/mol. The number of aromatic amines is 1. The van der Waals surface area contributed by atoms with Crippen molar-refractivity contribution in [1.29, 1.82) is 0 Å². The van der Waals surface area contributed by atoms with Crippen LogP contribution in [0, 0.1) is 0 Å². The first kappa shape index (κ1) is 21.8. The second-order valence-corrected chi connectivity index (χ2v) is 6.90. The van der Waals surface area contributed by atoms with Crippen LogP contribution in [0.25, 0.3) is 0 Å². The highest BCUT2D eigenvalue weighted by Gasteiger charge is 2.17. The van der Waals surface area contributed by atoms with E-state index in [-0.39, 0.29) is 23.1 Å². The zero-order valence-corrected chi connectivity index (χ0v) is 15.9. The Morgan fingerprint density at radius 2 is 1.72 bits per heavy atom. The van der Waals surface area contributed by atoms with Gasteiger partial charge in [0.25, 0.3) is 0 Å². The second kappa shape index (κ2) is 13.0. The van der Waals surface area contributed by atoms with Crippen LogP contribution in [0.4, 0.5) is 4.39 Å². The first-order valence-corrected chi connectivity index (χ1v) is 9.81. The minimum absolute atomic E-state index is 0.0152. The largest absolute Gasteiger partial charge is 0.487 e. The van der Waals surface area contributed by atoms with Gasteiger partial charge in [-0.05, 0) is 6.42 Å². The maximum Gasteiger partial charge on any atom is 0.354 e. The lowest BCUT2D eigenvalue weighted by Gasteiger charge is -2.09. The molecule has 1 aromatic rings. The summed E-state index contributed by atoms with van der Waals surface area (Å²) in [5.41, 5.74) is -0.137. The van der Waals surface area contributed by atoms with Crippen molar-refractivity contribution < 1.29 is 19.0 Å². The molecule has 0 amide bonds. The molecule has 0 aromatic carbocycles. The summed E-state index contributed by atoms with van der Waals surface area (Å²) in [6.07, 6.45) is 12.9. The number of unbranched alkanes of at least 4 members (excludes halogenated alkanes) is 9. The molecule has 1 atom stereocenters. The van der Waals surface area contributed by atoms with Crippen LogP contribution >= 0.6 is 11.6 Å². The molecule has 0 saturated heterocycles. The number of alkyl halides is 1. The van der Waals surface area contributed by atoms with Gasteiger partial charge in [0, 0.05) is 6.20 Å². The topological polar surface area (TPSA) is 62.3 Å².